The number of hydrogen-bond acceptors (Lipinski definition) is 3. The molecule has 4 nitrogen and oxygen atoms in total. The van der Waals surface area contributed by atoms with Gasteiger partial charge in [-0.1, -0.05) is 12.1 Å². The van der Waals surface area contributed by atoms with Gasteiger partial charge in [0.2, 0.25) is 0 Å². The van der Waals surface area contributed by atoms with Gasteiger partial charge in [0.15, 0.2) is 0 Å². The number of cyclic esters (lactones) is 1. The second-order valence-electron chi connectivity index (χ2n) is 4.39. The molecule has 16 heavy (non-hydrogen) atoms. The van der Waals surface area contributed by atoms with Gasteiger partial charge in [-0.3, -0.25) is 0 Å². The fourth-order valence-electron chi connectivity index (χ4n) is 2.37. The summed E-state index contributed by atoms with van der Waals surface area (Å²) in [4.78, 5) is 11.0. The zero-order valence-electron chi connectivity index (χ0n) is 9.03. The van der Waals surface area contributed by atoms with Crippen LogP contribution in [0.2, 0.25) is 0 Å². The minimum absolute atomic E-state index is 0.149. The van der Waals surface area contributed by atoms with Crippen molar-refractivity contribution in [3.05, 3.63) is 29.8 Å². The van der Waals surface area contributed by atoms with Crippen LogP contribution in [0.4, 0.5) is 4.79 Å². The van der Waals surface area contributed by atoms with Gasteiger partial charge in [0, 0.05) is 5.92 Å². The van der Waals surface area contributed by atoms with E-state index < -0.39 is 0 Å². The lowest BCUT2D eigenvalue weighted by Gasteiger charge is -2.07. The van der Waals surface area contributed by atoms with Gasteiger partial charge in [-0.2, -0.15) is 0 Å². The topological polar surface area (TPSA) is 47.6 Å². The van der Waals surface area contributed by atoms with Gasteiger partial charge in [-0.05, 0) is 24.1 Å². The Bertz CT molecular complexity index is 446. The highest BCUT2D eigenvalue weighted by Crippen LogP contribution is 2.53. The van der Waals surface area contributed by atoms with Crippen LogP contribution in [0.5, 0.6) is 5.75 Å². The molecule has 1 amide bonds. The standard InChI is InChI=1S/C12H13NO3/c1-15-9-4-2-3-8(5-9)10-6-12(10)7-16-11(14)13-12/h2-5,10H,6-7H2,1H3,(H,13,14)/t10-,12-/m0/s1. The fraction of sp³-hybridized carbons (Fsp3) is 0.417. The molecule has 1 aliphatic carbocycles. The molecule has 1 heterocycles. The SMILES string of the molecule is COc1cccc([C@@H]2C[C@]23COC(=O)N3)c1. The van der Waals surface area contributed by atoms with Gasteiger partial charge in [0.25, 0.3) is 0 Å². The second kappa shape index (κ2) is 3.14. The number of hydrogen-bond donors (Lipinski definition) is 1. The van der Waals surface area contributed by atoms with Gasteiger partial charge in [-0.25, -0.2) is 4.79 Å². The maximum Gasteiger partial charge on any atom is 0.407 e. The molecule has 1 spiro atoms. The number of carbonyl (C=O) groups excluding carboxylic acids is 1. The zero-order valence-corrected chi connectivity index (χ0v) is 9.03. The van der Waals surface area contributed by atoms with Crippen LogP contribution in [0.15, 0.2) is 24.3 Å². The third-order valence-corrected chi connectivity index (χ3v) is 3.38. The molecule has 2 fully saturated rings. The molecule has 4 heteroatoms. The van der Waals surface area contributed by atoms with Crippen LogP contribution in [0.1, 0.15) is 17.9 Å². The summed E-state index contributed by atoms with van der Waals surface area (Å²) in [6.07, 6.45) is 0.650. The normalized spacial score (nSPS) is 31.1. The average molecular weight is 219 g/mol. The summed E-state index contributed by atoms with van der Waals surface area (Å²) in [6.45, 7) is 0.480. The Balaban J connectivity index is 1.82. The van der Waals surface area contributed by atoms with Crippen LogP contribution in [0.3, 0.4) is 0 Å². The van der Waals surface area contributed by atoms with Crippen molar-refractivity contribution in [3.63, 3.8) is 0 Å². The van der Waals surface area contributed by atoms with Gasteiger partial charge in [-0.15, -0.1) is 0 Å². The monoisotopic (exact) mass is 219 g/mol. The van der Waals surface area contributed by atoms with E-state index in [2.05, 4.69) is 11.4 Å². The number of rotatable bonds is 2. The Kier molecular flexibility index (Phi) is 1.87. The second-order valence-corrected chi connectivity index (χ2v) is 4.39. The van der Waals surface area contributed by atoms with E-state index in [4.69, 9.17) is 9.47 Å². The molecule has 1 N–H and O–H groups in total. The van der Waals surface area contributed by atoms with Crippen molar-refractivity contribution in [2.75, 3.05) is 13.7 Å². The summed E-state index contributed by atoms with van der Waals surface area (Å²) in [6, 6.07) is 7.97. The Morgan fingerprint density at radius 1 is 1.56 bits per heavy atom. The lowest BCUT2D eigenvalue weighted by atomic mass is 10.1. The van der Waals surface area contributed by atoms with E-state index in [9.17, 15) is 4.79 Å². The molecule has 1 saturated carbocycles. The molecule has 1 aromatic rings. The van der Waals surface area contributed by atoms with E-state index in [0.29, 0.717) is 12.5 Å². The van der Waals surface area contributed by atoms with Crippen LogP contribution >= 0.6 is 0 Å². The van der Waals surface area contributed by atoms with Crippen molar-refractivity contribution in [2.24, 2.45) is 0 Å². The minimum atomic E-state index is -0.301. The maximum absolute atomic E-state index is 11.0. The van der Waals surface area contributed by atoms with Crippen molar-refractivity contribution in [1.29, 1.82) is 0 Å². The highest BCUT2D eigenvalue weighted by atomic mass is 16.6. The Morgan fingerprint density at radius 3 is 3.12 bits per heavy atom. The number of methoxy groups -OCH3 is 1. The Morgan fingerprint density at radius 2 is 2.44 bits per heavy atom. The molecule has 0 unspecified atom stereocenters. The fourth-order valence-corrected chi connectivity index (χ4v) is 2.37. The molecule has 3 rings (SSSR count). The number of amides is 1. The molecular formula is C12H13NO3. The van der Waals surface area contributed by atoms with E-state index in [0.717, 1.165) is 12.2 Å². The first-order valence-corrected chi connectivity index (χ1v) is 5.32. The maximum atomic E-state index is 11.0. The molecule has 2 atom stereocenters. The third-order valence-electron chi connectivity index (χ3n) is 3.38. The Labute approximate surface area is 93.5 Å². The van der Waals surface area contributed by atoms with E-state index >= 15 is 0 Å². The molecule has 0 radical (unpaired) electrons. The summed E-state index contributed by atoms with van der Waals surface area (Å²) in [5.74, 6) is 1.21. The predicted octanol–water partition coefficient (Wildman–Crippen LogP) is 1.66. The van der Waals surface area contributed by atoms with Crippen LogP contribution in [0, 0.1) is 0 Å². The molecular weight excluding hydrogens is 206 g/mol. The van der Waals surface area contributed by atoms with Crippen LogP contribution in [0.25, 0.3) is 0 Å². The minimum Gasteiger partial charge on any atom is -0.497 e. The molecule has 1 aromatic carbocycles. The van der Waals surface area contributed by atoms with Crippen molar-refractivity contribution in [2.45, 2.75) is 17.9 Å². The zero-order chi connectivity index (χ0) is 11.2. The van der Waals surface area contributed by atoms with Crippen LogP contribution < -0.4 is 10.1 Å². The summed E-state index contributed by atoms with van der Waals surface area (Å²) >= 11 is 0. The predicted molar refractivity (Wildman–Crippen MR) is 57.6 cm³/mol. The number of nitrogens with one attached hydrogen (secondary N) is 1. The number of carbonyl (C=O) groups is 1. The number of alkyl carbamates (subject to hydrolysis) is 1. The number of benzene rings is 1. The summed E-state index contributed by atoms with van der Waals surface area (Å²) < 4.78 is 10.1. The first-order valence-electron chi connectivity index (χ1n) is 5.32. The van der Waals surface area contributed by atoms with Crippen molar-refractivity contribution < 1.29 is 14.3 Å². The highest BCUT2D eigenvalue weighted by Gasteiger charge is 2.60. The van der Waals surface area contributed by atoms with E-state index in [1.807, 2.05) is 18.2 Å². The highest BCUT2D eigenvalue weighted by molar-refractivity contribution is 5.72. The van der Waals surface area contributed by atoms with Crippen molar-refractivity contribution in [1.82, 2.24) is 5.32 Å². The van der Waals surface area contributed by atoms with E-state index in [-0.39, 0.29) is 11.6 Å². The molecule has 84 valence electrons. The molecule has 2 aliphatic rings. The van der Waals surface area contributed by atoms with Crippen molar-refractivity contribution in [3.8, 4) is 5.75 Å². The van der Waals surface area contributed by atoms with Gasteiger partial charge < -0.3 is 14.8 Å². The molecule has 0 aromatic heterocycles. The lowest BCUT2D eigenvalue weighted by Crippen LogP contribution is -2.29. The van der Waals surface area contributed by atoms with Crippen LogP contribution in [-0.2, 0) is 4.74 Å². The molecule has 1 aliphatic heterocycles. The first-order chi connectivity index (χ1) is 7.73. The van der Waals surface area contributed by atoms with E-state index in [1.165, 1.54) is 5.56 Å². The number of ether oxygens (including phenoxy) is 2. The summed E-state index contributed by atoms with van der Waals surface area (Å²) in [7, 11) is 1.65. The van der Waals surface area contributed by atoms with Crippen LogP contribution in [-0.4, -0.2) is 25.3 Å². The molecule has 0 bridgehead atoms. The summed E-state index contributed by atoms with van der Waals surface area (Å²) in [5.41, 5.74) is 1.05. The third kappa shape index (κ3) is 1.33. The van der Waals surface area contributed by atoms with Crippen molar-refractivity contribution >= 4 is 6.09 Å². The van der Waals surface area contributed by atoms with Gasteiger partial charge in [0.1, 0.15) is 12.4 Å². The summed E-state index contributed by atoms with van der Waals surface area (Å²) in [5, 5.41) is 2.89. The quantitative estimate of drug-likeness (QED) is 0.822. The van der Waals surface area contributed by atoms with Gasteiger partial charge in [0.05, 0.1) is 12.6 Å². The van der Waals surface area contributed by atoms with E-state index in [1.54, 1.807) is 7.11 Å². The largest absolute Gasteiger partial charge is 0.497 e. The average Bonchev–Trinajstić information content (AvgIpc) is 2.88. The lowest BCUT2D eigenvalue weighted by molar-refractivity contribution is 0.176. The molecule has 1 saturated heterocycles. The van der Waals surface area contributed by atoms with Gasteiger partial charge >= 0.3 is 6.09 Å². The Hall–Kier alpha value is -1.71. The first kappa shape index (κ1) is 9.51. The smallest absolute Gasteiger partial charge is 0.407 e.